The highest BCUT2D eigenvalue weighted by Gasteiger charge is 2.40. The number of aliphatic hydroxyl groups is 1. The second-order valence-electron chi connectivity index (χ2n) is 8.38. The Labute approximate surface area is 204 Å². The number of rotatable bonds is 8. The monoisotopic (exact) mass is 475 g/mol. The Morgan fingerprint density at radius 3 is 2.23 bits per heavy atom. The van der Waals surface area contributed by atoms with Crippen LogP contribution < -0.4 is 4.74 Å². The number of ether oxygens (including phenoxy) is 1. The number of hydrogen-bond donors (Lipinski definition) is 1. The number of azo groups is 1. The molecule has 0 spiro atoms. The molecule has 8 nitrogen and oxygen atoms in total. The number of carbonyl (C=O) groups excluding carboxylic acids is 3. The predicted molar refractivity (Wildman–Crippen MR) is 132 cm³/mol. The third kappa shape index (κ3) is 5.21. The van der Waals surface area contributed by atoms with Crippen LogP contribution >= 0.6 is 0 Å². The number of amides is 2. The van der Waals surface area contributed by atoms with Gasteiger partial charge in [-0.05, 0) is 63.5 Å². The standard InChI is InChI=1S/C27H29N3O5/c1-6-18(7-2)30-25(32)20-14-11-15-21(22(20)26(30)33)28-29-23(24(31)17(5)16(3)4)27(34)35-19-12-9-8-10-13-19/h8-15,18,31H,6-7H2,1-5H3/b24-23-,29-28?. The first-order valence-electron chi connectivity index (χ1n) is 11.5. The summed E-state index contributed by atoms with van der Waals surface area (Å²) in [5, 5.41) is 18.9. The summed E-state index contributed by atoms with van der Waals surface area (Å²) >= 11 is 0. The Morgan fingerprint density at radius 1 is 0.971 bits per heavy atom. The molecule has 2 aromatic rings. The highest BCUT2D eigenvalue weighted by Crippen LogP contribution is 2.34. The summed E-state index contributed by atoms with van der Waals surface area (Å²) in [7, 11) is 0. The van der Waals surface area contributed by atoms with Crippen LogP contribution in [0.3, 0.4) is 0 Å². The van der Waals surface area contributed by atoms with Crippen LogP contribution in [-0.2, 0) is 4.79 Å². The number of fused-ring (bicyclic) bond motifs is 1. The van der Waals surface area contributed by atoms with E-state index >= 15 is 0 Å². The van der Waals surface area contributed by atoms with E-state index in [2.05, 4.69) is 10.2 Å². The first-order chi connectivity index (χ1) is 16.7. The van der Waals surface area contributed by atoms with E-state index in [4.69, 9.17) is 4.74 Å². The number of hydrogen-bond acceptors (Lipinski definition) is 7. The van der Waals surface area contributed by atoms with Crippen molar-refractivity contribution in [2.45, 2.75) is 53.5 Å². The fraction of sp³-hybridized carbons (Fsp3) is 0.296. The molecule has 0 unspecified atom stereocenters. The van der Waals surface area contributed by atoms with E-state index in [0.717, 1.165) is 5.57 Å². The molecule has 2 aromatic carbocycles. The maximum Gasteiger partial charge on any atom is 0.368 e. The smallest absolute Gasteiger partial charge is 0.368 e. The number of para-hydroxylation sites is 1. The molecule has 0 radical (unpaired) electrons. The number of benzene rings is 2. The quantitative estimate of drug-likeness (QED) is 0.0918. The Bertz CT molecular complexity index is 1240. The van der Waals surface area contributed by atoms with Crippen molar-refractivity contribution in [3.8, 4) is 5.75 Å². The van der Waals surface area contributed by atoms with Crippen LogP contribution in [0.2, 0.25) is 0 Å². The van der Waals surface area contributed by atoms with Gasteiger partial charge in [0.25, 0.3) is 11.8 Å². The van der Waals surface area contributed by atoms with E-state index in [1.807, 2.05) is 13.8 Å². The second-order valence-corrected chi connectivity index (χ2v) is 8.38. The van der Waals surface area contributed by atoms with Gasteiger partial charge in [0.15, 0.2) is 5.76 Å². The molecule has 35 heavy (non-hydrogen) atoms. The number of aliphatic hydroxyl groups excluding tert-OH is 1. The first kappa shape index (κ1) is 25.6. The minimum absolute atomic E-state index is 0.127. The molecule has 0 saturated carbocycles. The van der Waals surface area contributed by atoms with Gasteiger partial charge in [-0.3, -0.25) is 14.5 Å². The van der Waals surface area contributed by atoms with Crippen LogP contribution in [-0.4, -0.2) is 33.8 Å². The molecule has 0 fully saturated rings. The number of nitrogens with zero attached hydrogens (tertiary/aromatic N) is 3. The largest absolute Gasteiger partial charge is 0.505 e. The molecule has 8 heteroatoms. The Balaban J connectivity index is 2.05. The maximum atomic E-state index is 13.2. The van der Waals surface area contributed by atoms with Gasteiger partial charge in [0.2, 0.25) is 5.70 Å². The van der Waals surface area contributed by atoms with E-state index in [9.17, 15) is 19.5 Å². The summed E-state index contributed by atoms with van der Waals surface area (Å²) in [5.41, 5.74) is 1.28. The molecule has 1 heterocycles. The van der Waals surface area contributed by atoms with Crippen molar-refractivity contribution >= 4 is 23.5 Å². The molecule has 1 aliphatic heterocycles. The van der Waals surface area contributed by atoms with Crippen LogP contribution in [0, 0.1) is 0 Å². The second kappa shape index (κ2) is 10.9. The summed E-state index contributed by atoms with van der Waals surface area (Å²) in [6, 6.07) is 12.9. The molecule has 1 N–H and O–H groups in total. The van der Waals surface area contributed by atoms with Crippen LogP contribution in [0.5, 0.6) is 5.75 Å². The zero-order chi connectivity index (χ0) is 25.7. The van der Waals surface area contributed by atoms with E-state index in [-0.39, 0.29) is 40.3 Å². The van der Waals surface area contributed by atoms with E-state index < -0.39 is 17.6 Å². The Kier molecular flexibility index (Phi) is 7.96. The molecule has 0 bridgehead atoms. The van der Waals surface area contributed by atoms with Crippen molar-refractivity contribution in [2.24, 2.45) is 10.2 Å². The minimum Gasteiger partial charge on any atom is -0.505 e. The number of allylic oxidation sites excluding steroid dienone is 2. The topological polar surface area (TPSA) is 109 Å². The van der Waals surface area contributed by atoms with Gasteiger partial charge in [0.1, 0.15) is 5.75 Å². The molecule has 0 saturated heterocycles. The van der Waals surface area contributed by atoms with Crippen LogP contribution in [0.1, 0.15) is 68.2 Å². The molecule has 1 aliphatic rings. The summed E-state index contributed by atoms with van der Waals surface area (Å²) in [5.74, 6) is -1.85. The minimum atomic E-state index is -0.910. The third-order valence-electron chi connectivity index (χ3n) is 5.97. The van der Waals surface area contributed by atoms with Gasteiger partial charge >= 0.3 is 5.97 Å². The maximum absolute atomic E-state index is 13.2. The van der Waals surface area contributed by atoms with Crippen LogP contribution in [0.25, 0.3) is 0 Å². The summed E-state index contributed by atoms with van der Waals surface area (Å²) in [6.07, 6.45) is 1.26. The number of carbonyl (C=O) groups is 3. The fourth-order valence-corrected chi connectivity index (χ4v) is 3.70. The average molecular weight is 476 g/mol. The zero-order valence-corrected chi connectivity index (χ0v) is 20.5. The summed E-state index contributed by atoms with van der Waals surface area (Å²) in [4.78, 5) is 40.3. The average Bonchev–Trinajstić information content (AvgIpc) is 3.11. The summed E-state index contributed by atoms with van der Waals surface area (Å²) in [6.45, 7) is 9.05. The van der Waals surface area contributed by atoms with Gasteiger partial charge in [-0.2, -0.15) is 0 Å². The van der Waals surface area contributed by atoms with Crippen molar-refractivity contribution in [3.05, 3.63) is 82.3 Å². The van der Waals surface area contributed by atoms with Gasteiger partial charge in [0, 0.05) is 6.04 Å². The molecule has 0 aliphatic carbocycles. The third-order valence-corrected chi connectivity index (χ3v) is 5.97. The van der Waals surface area contributed by atoms with Crippen molar-refractivity contribution in [3.63, 3.8) is 0 Å². The van der Waals surface area contributed by atoms with Gasteiger partial charge < -0.3 is 9.84 Å². The highest BCUT2D eigenvalue weighted by atomic mass is 16.5. The Morgan fingerprint density at radius 2 is 1.63 bits per heavy atom. The van der Waals surface area contributed by atoms with Crippen LogP contribution in [0.15, 0.2) is 81.4 Å². The highest BCUT2D eigenvalue weighted by molar-refractivity contribution is 6.23. The first-order valence-corrected chi connectivity index (χ1v) is 11.5. The normalized spacial score (nSPS) is 13.8. The molecule has 0 atom stereocenters. The number of imide groups is 1. The lowest BCUT2D eigenvalue weighted by atomic mass is 10.1. The molecule has 2 amide bonds. The van der Waals surface area contributed by atoms with Crippen molar-refractivity contribution < 1.29 is 24.2 Å². The van der Waals surface area contributed by atoms with Gasteiger partial charge in [-0.15, -0.1) is 10.2 Å². The molecular formula is C27H29N3O5. The van der Waals surface area contributed by atoms with Crippen molar-refractivity contribution in [2.75, 3.05) is 0 Å². The number of esters is 1. The van der Waals surface area contributed by atoms with E-state index in [0.29, 0.717) is 18.4 Å². The summed E-state index contributed by atoms with van der Waals surface area (Å²) < 4.78 is 5.36. The zero-order valence-electron chi connectivity index (χ0n) is 20.5. The van der Waals surface area contributed by atoms with Crippen molar-refractivity contribution in [1.29, 1.82) is 0 Å². The lowest BCUT2D eigenvalue weighted by molar-refractivity contribution is -0.130. The van der Waals surface area contributed by atoms with Gasteiger partial charge in [0.05, 0.1) is 16.8 Å². The molecule has 3 rings (SSSR count). The van der Waals surface area contributed by atoms with E-state index in [1.54, 1.807) is 63.2 Å². The van der Waals surface area contributed by atoms with Crippen molar-refractivity contribution in [1.82, 2.24) is 4.90 Å². The Hall–Kier alpha value is -4.07. The lowest BCUT2D eigenvalue weighted by Crippen LogP contribution is -2.39. The van der Waals surface area contributed by atoms with Gasteiger partial charge in [-0.25, -0.2) is 4.79 Å². The van der Waals surface area contributed by atoms with E-state index in [1.165, 1.54) is 11.0 Å². The fourth-order valence-electron chi connectivity index (χ4n) is 3.70. The van der Waals surface area contributed by atoms with Crippen LogP contribution in [0.4, 0.5) is 5.69 Å². The SMILES string of the molecule is CCC(CC)N1C(=O)c2cccc(N=N/C(C(=O)Oc3ccccc3)=C(\O)C(C)=C(C)C)c2C1=O. The molecule has 182 valence electrons. The molecule has 0 aromatic heterocycles. The molecular weight excluding hydrogens is 446 g/mol. The predicted octanol–water partition coefficient (Wildman–Crippen LogP) is 6.29. The van der Waals surface area contributed by atoms with Gasteiger partial charge in [-0.1, -0.05) is 43.7 Å². The lowest BCUT2D eigenvalue weighted by Gasteiger charge is -2.23.